The first kappa shape index (κ1) is 21.8. The zero-order chi connectivity index (χ0) is 22.7. The first-order valence-corrected chi connectivity index (χ1v) is 11.2. The van der Waals surface area contributed by atoms with Gasteiger partial charge in [0.1, 0.15) is 10.8 Å². The molecule has 0 saturated heterocycles. The Morgan fingerprint density at radius 2 is 1.91 bits per heavy atom. The smallest absolute Gasteiger partial charge is 0.341 e. The van der Waals surface area contributed by atoms with E-state index < -0.39 is 17.3 Å². The molecule has 2 aromatic heterocycles. The minimum atomic E-state index is -0.665. The fourth-order valence-electron chi connectivity index (χ4n) is 3.68. The molecule has 0 spiro atoms. The molecule has 2 heterocycles. The van der Waals surface area contributed by atoms with Gasteiger partial charge in [-0.15, -0.1) is 11.3 Å². The average Bonchev–Trinajstić information content (AvgIpc) is 3.17. The molecule has 0 unspecified atom stereocenters. The van der Waals surface area contributed by atoms with Gasteiger partial charge in [0.05, 0.1) is 25.0 Å². The van der Waals surface area contributed by atoms with Crippen LogP contribution in [0.2, 0.25) is 0 Å². The van der Waals surface area contributed by atoms with Crippen molar-refractivity contribution in [3.05, 3.63) is 68.4 Å². The van der Waals surface area contributed by atoms with E-state index in [1.54, 1.807) is 38.3 Å². The Bertz CT molecular complexity index is 1210. The van der Waals surface area contributed by atoms with E-state index in [4.69, 9.17) is 9.47 Å². The molecule has 0 fully saturated rings. The number of fused-ring (bicyclic) bond motifs is 1. The molecule has 1 amide bonds. The fourth-order valence-corrected chi connectivity index (χ4v) is 4.95. The highest BCUT2D eigenvalue weighted by Crippen LogP contribution is 2.38. The van der Waals surface area contributed by atoms with Gasteiger partial charge < -0.3 is 14.8 Å². The summed E-state index contributed by atoms with van der Waals surface area (Å²) in [6, 6.07) is 8.35. The second-order valence-electron chi connectivity index (χ2n) is 7.26. The van der Waals surface area contributed by atoms with Crippen molar-refractivity contribution < 1.29 is 19.1 Å². The minimum Gasteiger partial charge on any atom is -0.497 e. The molecule has 166 valence electrons. The number of anilines is 1. The Balaban J connectivity index is 1.66. The summed E-state index contributed by atoms with van der Waals surface area (Å²) in [6.45, 7) is 1.98. The van der Waals surface area contributed by atoms with Crippen molar-refractivity contribution in [3.8, 4) is 11.4 Å². The number of esters is 1. The molecule has 3 aromatic rings. The summed E-state index contributed by atoms with van der Waals surface area (Å²) in [5, 5.41) is 7.37. The van der Waals surface area contributed by atoms with Crippen LogP contribution in [0.4, 0.5) is 5.00 Å². The standard InChI is InChI=1S/C23H23N3O5S/c1-3-31-23(29)19-16-6-4-5-7-18(16)32-22(19)24-21(28)20-17(27)12-13-26(25-20)14-8-10-15(30-2)11-9-14/h8-13H,3-7H2,1-2H3,(H,24,28). The number of benzene rings is 1. The summed E-state index contributed by atoms with van der Waals surface area (Å²) in [4.78, 5) is 39.1. The van der Waals surface area contributed by atoms with Crippen LogP contribution in [0, 0.1) is 0 Å². The second-order valence-corrected chi connectivity index (χ2v) is 8.37. The van der Waals surface area contributed by atoms with Gasteiger partial charge in [-0.3, -0.25) is 9.59 Å². The van der Waals surface area contributed by atoms with Crippen molar-refractivity contribution >= 4 is 28.2 Å². The molecular weight excluding hydrogens is 430 g/mol. The van der Waals surface area contributed by atoms with Crippen LogP contribution in [0.1, 0.15) is 51.1 Å². The molecule has 9 heteroatoms. The van der Waals surface area contributed by atoms with E-state index in [0.717, 1.165) is 36.1 Å². The summed E-state index contributed by atoms with van der Waals surface area (Å²) in [5.41, 5.74) is 1.23. The van der Waals surface area contributed by atoms with Crippen LogP contribution in [0.15, 0.2) is 41.3 Å². The molecule has 0 saturated carbocycles. The van der Waals surface area contributed by atoms with Gasteiger partial charge in [-0.05, 0) is 62.4 Å². The molecule has 1 aromatic carbocycles. The van der Waals surface area contributed by atoms with Crippen LogP contribution < -0.4 is 15.5 Å². The first-order valence-electron chi connectivity index (χ1n) is 10.4. The maximum Gasteiger partial charge on any atom is 0.341 e. The number of aromatic nitrogens is 2. The van der Waals surface area contributed by atoms with Crippen molar-refractivity contribution in [3.63, 3.8) is 0 Å². The van der Waals surface area contributed by atoms with Crippen LogP contribution >= 0.6 is 11.3 Å². The van der Waals surface area contributed by atoms with Crippen molar-refractivity contribution in [2.75, 3.05) is 19.0 Å². The van der Waals surface area contributed by atoms with Gasteiger partial charge in [-0.25, -0.2) is 9.48 Å². The molecule has 0 atom stereocenters. The third-order valence-corrected chi connectivity index (χ3v) is 6.45. The van der Waals surface area contributed by atoms with Gasteiger partial charge in [0.25, 0.3) is 5.91 Å². The zero-order valence-corrected chi connectivity index (χ0v) is 18.7. The minimum absolute atomic E-state index is 0.240. The highest BCUT2D eigenvalue weighted by Gasteiger charge is 2.28. The summed E-state index contributed by atoms with van der Waals surface area (Å²) >= 11 is 1.37. The van der Waals surface area contributed by atoms with Gasteiger partial charge in [0, 0.05) is 17.1 Å². The van der Waals surface area contributed by atoms with Gasteiger partial charge in [0.15, 0.2) is 5.69 Å². The van der Waals surface area contributed by atoms with E-state index >= 15 is 0 Å². The molecule has 0 radical (unpaired) electrons. The number of amides is 1. The number of ether oxygens (including phenoxy) is 2. The van der Waals surface area contributed by atoms with Crippen molar-refractivity contribution in [1.29, 1.82) is 0 Å². The normalized spacial score (nSPS) is 12.7. The SMILES string of the molecule is CCOC(=O)c1c(NC(=O)c2nn(-c3ccc(OC)cc3)ccc2=O)sc2c1CCCC2. The molecular formula is C23H23N3O5S. The lowest BCUT2D eigenvalue weighted by molar-refractivity contribution is 0.0526. The fraction of sp³-hybridized carbons (Fsp3) is 0.304. The number of thiophene rings is 1. The number of carbonyl (C=O) groups excluding carboxylic acids is 2. The molecule has 8 nitrogen and oxygen atoms in total. The third kappa shape index (κ3) is 4.29. The van der Waals surface area contributed by atoms with Gasteiger partial charge in [-0.1, -0.05) is 0 Å². The maximum atomic E-state index is 13.0. The van der Waals surface area contributed by atoms with E-state index in [1.165, 1.54) is 28.3 Å². The third-order valence-electron chi connectivity index (χ3n) is 5.24. The van der Waals surface area contributed by atoms with Crippen molar-refractivity contribution in [2.45, 2.75) is 32.6 Å². The quantitative estimate of drug-likeness (QED) is 0.573. The van der Waals surface area contributed by atoms with Crippen LogP contribution in [-0.2, 0) is 17.6 Å². The van der Waals surface area contributed by atoms with E-state index in [2.05, 4.69) is 10.4 Å². The topological polar surface area (TPSA) is 99.5 Å². The predicted molar refractivity (Wildman–Crippen MR) is 121 cm³/mol. The molecule has 32 heavy (non-hydrogen) atoms. The van der Waals surface area contributed by atoms with Gasteiger partial charge in [-0.2, -0.15) is 5.10 Å². The Kier molecular flexibility index (Phi) is 6.36. The van der Waals surface area contributed by atoms with Crippen LogP contribution in [0.5, 0.6) is 5.75 Å². The molecule has 1 N–H and O–H groups in total. The monoisotopic (exact) mass is 453 g/mol. The Labute approximate surface area is 188 Å². The molecule has 4 rings (SSSR count). The van der Waals surface area contributed by atoms with E-state index in [0.29, 0.717) is 22.0 Å². The van der Waals surface area contributed by atoms with Crippen molar-refractivity contribution in [1.82, 2.24) is 9.78 Å². The summed E-state index contributed by atoms with van der Waals surface area (Å²) < 4.78 is 11.8. The number of hydrogen-bond donors (Lipinski definition) is 1. The number of rotatable bonds is 6. The van der Waals surface area contributed by atoms with Gasteiger partial charge in [0.2, 0.25) is 5.43 Å². The second kappa shape index (κ2) is 9.35. The molecule has 0 aliphatic heterocycles. The van der Waals surface area contributed by atoms with Crippen LogP contribution in [0.25, 0.3) is 5.69 Å². The summed E-state index contributed by atoms with van der Waals surface area (Å²) in [7, 11) is 1.57. The Hall–Kier alpha value is -3.46. The van der Waals surface area contributed by atoms with Crippen LogP contribution in [0.3, 0.4) is 0 Å². The predicted octanol–water partition coefficient (Wildman–Crippen LogP) is 3.61. The largest absolute Gasteiger partial charge is 0.497 e. The van der Waals surface area contributed by atoms with E-state index in [-0.39, 0.29) is 12.3 Å². The molecule has 1 aliphatic carbocycles. The average molecular weight is 454 g/mol. The van der Waals surface area contributed by atoms with Crippen molar-refractivity contribution in [2.24, 2.45) is 0 Å². The van der Waals surface area contributed by atoms with E-state index in [1.807, 2.05) is 0 Å². The molecule has 1 aliphatic rings. The Morgan fingerprint density at radius 3 is 2.62 bits per heavy atom. The summed E-state index contributed by atoms with van der Waals surface area (Å²) in [6.07, 6.45) is 5.14. The highest BCUT2D eigenvalue weighted by molar-refractivity contribution is 7.17. The summed E-state index contributed by atoms with van der Waals surface area (Å²) in [5.74, 6) is -0.443. The lowest BCUT2D eigenvalue weighted by Crippen LogP contribution is -2.26. The first-order chi connectivity index (χ1) is 15.5. The number of nitrogens with one attached hydrogen (secondary N) is 1. The number of methoxy groups -OCH3 is 1. The lowest BCUT2D eigenvalue weighted by atomic mass is 9.95. The Morgan fingerprint density at radius 1 is 1.16 bits per heavy atom. The maximum absolute atomic E-state index is 13.0. The number of hydrogen-bond acceptors (Lipinski definition) is 7. The highest BCUT2D eigenvalue weighted by atomic mass is 32.1. The zero-order valence-electron chi connectivity index (χ0n) is 17.8. The van der Waals surface area contributed by atoms with Gasteiger partial charge >= 0.3 is 5.97 Å². The lowest BCUT2D eigenvalue weighted by Gasteiger charge is -2.12. The molecule has 0 bridgehead atoms. The number of aryl methyl sites for hydroxylation is 1. The number of carbonyl (C=O) groups is 2. The van der Waals surface area contributed by atoms with E-state index in [9.17, 15) is 14.4 Å². The number of nitrogens with zero attached hydrogens (tertiary/aromatic N) is 2. The van der Waals surface area contributed by atoms with Crippen LogP contribution in [-0.4, -0.2) is 35.4 Å².